The summed E-state index contributed by atoms with van der Waals surface area (Å²) in [6.45, 7) is 0.794. The van der Waals surface area contributed by atoms with Crippen LogP contribution in [0.15, 0.2) is 24.3 Å². The van der Waals surface area contributed by atoms with Crippen LogP contribution < -0.4 is 0 Å². The Morgan fingerprint density at radius 1 is 1.50 bits per heavy atom. The van der Waals surface area contributed by atoms with Crippen LogP contribution in [-0.4, -0.2) is 34.8 Å². The van der Waals surface area contributed by atoms with Crippen molar-refractivity contribution in [1.82, 2.24) is 4.90 Å². The Labute approximate surface area is 103 Å². The molecule has 1 fully saturated rings. The molecule has 1 aromatic carbocycles. The van der Waals surface area contributed by atoms with Gasteiger partial charge in [0, 0.05) is 22.9 Å². The lowest BCUT2D eigenvalue weighted by Gasteiger charge is -2.13. The molecule has 0 bridgehead atoms. The predicted molar refractivity (Wildman–Crippen MR) is 65.2 cm³/mol. The summed E-state index contributed by atoms with van der Waals surface area (Å²) in [5, 5.41) is 0.517. The third-order valence-corrected chi connectivity index (χ3v) is 3.45. The summed E-state index contributed by atoms with van der Waals surface area (Å²) in [5.74, 6) is 0.695. The average molecular weight is 256 g/mol. The fourth-order valence-electron chi connectivity index (χ4n) is 1.50. The van der Waals surface area contributed by atoms with Crippen LogP contribution in [0.5, 0.6) is 0 Å². The Hall–Kier alpha value is -1.00. The molecule has 0 saturated carbocycles. The van der Waals surface area contributed by atoms with Crippen LogP contribution >= 0.6 is 23.4 Å². The number of ketones is 1. The van der Waals surface area contributed by atoms with Crippen molar-refractivity contribution in [2.75, 3.05) is 18.8 Å². The summed E-state index contributed by atoms with van der Waals surface area (Å²) in [6.07, 6.45) is 0. The minimum Gasteiger partial charge on any atom is -0.325 e. The first kappa shape index (κ1) is 11.5. The molecule has 1 saturated heterocycles. The number of Topliss-reactive ketones (excluding diaryl/α,β-unsaturated/α-hetero) is 1. The molecule has 84 valence electrons. The molecule has 0 radical (unpaired) electrons. The van der Waals surface area contributed by atoms with Crippen LogP contribution in [0, 0.1) is 0 Å². The van der Waals surface area contributed by atoms with Crippen molar-refractivity contribution in [3.05, 3.63) is 34.9 Å². The topological polar surface area (TPSA) is 37.4 Å². The van der Waals surface area contributed by atoms with Crippen molar-refractivity contribution >= 4 is 34.4 Å². The van der Waals surface area contributed by atoms with Crippen LogP contribution in [0.2, 0.25) is 5.02 Å². The van der Waals surface area contributed by atoms with E-state index in [4.69, 9.17) is 11.6 Å². The Kier molecular flexibility index (Phi) is 3.51. The van der Waals surface area contributed by atoms with Gasteiger partial charge in [-0.2, -0.15) is 0 Å². The molecule has 0 atom stereocenters. The van der Waals surface area contributed by atoms with Crippen LogP contribution in [0.1, 0.15) is 10.4 Å². The lowest BCUT2D eigenvalue weighted by molar-refractivity contribution is 0.0956. The molecule has 1 aromatic rings. The molecule has 0 N–H and O–H groups in total. The molecule has 0 aliphatic carbocycles. The molecule has 16 heavy (non-hydrogen) atoms. The van der Waals surface area contributed by atoms with Gasteiger partial charge in [0.05, 0.1) is 6.54 Å². The first-order valence-electron chi connectivity index (χ1n) is 4.87. The van der Waals surface area contributed by atoms with Gasteiger partial charge in [0.2, 0.25) is 0 Å². The average Bonchev–Trinajstić information content (AvgIpc) is 2.64. The van der Waals surface area contributed by atoms with Gasteiger partial charge in [0.25, 0.3) is 5.24 Å². The maximum Gasteiger partial charge on any atom is 0.282 e. The van der Waals surface area contributed by atoms with E-state index in [-0.39, 0.29) is 17.6 Å². The zero-order chi connectivity index (χ0) is 11.5. The normalized spacial score (nSPS) is 15.6. The SMILES string of the molecule is O=C(CN1CCSC1=O)c1cccc(Cl)c1. The van der Waals surface area contributed by atoms with Gasteiger partial charge in [0.15, 0.2) is 5.78 Å². The van der Waals surface area contributed by atoms with E-state index >= 15 is 0 Å². The predicted octanol–water partition coefficient (Wildman–Crippen LogP) is 2.69. The van der Waals surface area contributed by atoms with Gasteiger partial charge in [-0.15, -0.1) is 0 Å². The van der Waals surface area contributed by atoms with Crippen molar-refractivity contribution in [1.29, 1.82) is 0 Å². The van der Waals surface area contributed by atoms with Gasteiger partial charge in [0.1, 0.15) is 0 Å². The highest BCUT2D eigenvalue weighted by atomic mass is 35.5. The number of benzene rings is 1. The van der Waals surface area contributed by atoms with Crippen LogP contribution in [0.4, 0.5) is 4.79 Å². The highest BCUT2D eigenvalue weighted by Gasteiger charge is 2.23. The van der Waals surface area contributed by atoms with Gasteiger partial charge in [-0.3, -0.25) is 9.59 Å². The van der Waals surface area contributed by atoms with Crippen molar-refractivity contribution in [3.8, 4) is 0 Å². The summed E-state index contributed by atoms with van der Waals surface area (Å²) in [4.78, 5) is 24.7. The largest absolute Gasteiger partial charge is 0.325 e. The Balaban J connectivity index is 2.05. The highest BCUT2D eigenvalue weighted by Crippen LogP contribution is 2.18. The maximum atomic E-state index is 11.8. The van der Waals surface area contributed by atoms with E-state index in [0.717, 1.165) is 5.75 Å². The van der Waals surface area contributed by atoms with E-state index in [1.54, 1.807) is 29.2 Å². The summed E-state index contributed by atoms with van der Waals surface area (Å²) < 4.78 is 0. The van der Waals surface area contributed by atoms with E-state index in [9.17, 15) is 9.59 Å². The van der Waals surface area contributed by atoms with Crippen molar-refractivity contribution < 1.29 is 9.59 Å². The molecular weight excluding hydrogens is 246 g/mol. The van der Waals surface area contributed by atoms with Gasteiger partial charge < -0.3 is 4.90 Å². The lowest BCUT2D eigenvalue weighted by Crippen LogP contribution is -2.29. The molecule has 1 aliphatic rings. The number of nitrogens with zero attached hydrogens (tertiary/aromatic N) is 1. The number of hydrogen-bond acceptors (Lipinski definition) is 3. The van der Waals surface area contributed by atoms with Crippen LogP contribution in [0.3, 0.4) is 0 Å². The van der Waals surface area contributed by atoms with E-state index in [1.807, 2.05) is 0 Å². The van der Waals surface area contributed by atoms with E-state index in [0.29, 0.717) is 17.1 Å². The third kappa shape index (κ3) is 2.57. The number of thioether (sulfide) groups is 1. The lowest BCUT2D eigenvalue weighted by atomic mass is 10.1. The van der Waals surface area contributed by atoms with Crippen molar-refractivity contribution in [2.45, 2.75) is 0 Å². The van der Waals surface area contributed by atoms with Crippen molar-refractivity contribution in [3.63, 3.8) is 0 Å². The quantitative estimate of drug-likeness (QED) is 0.780. The Morgan fingerprint density at radius 2 is 2.31 bits per heavy atom. The van der Waals surface area contributed by atoms with E-state index in [2.05, 4.69) is 0 Å². The smallest absolute Gasteiger partial charge is 0.282 e. The summed E-state index contributed by atoms with van der Waals surface area (Å²) in [7, 11) is 0. The molecule has 2 rings (SSSR count). The summed E-state index contributed by atoms with van der Waals surface area (Å²) in [6, 6.07) is 6.78. The van der Waals surface area contributed by atoms with E-state index < -0.39 is 0 Å². The van der Waals surface area contributed by atoms with Crippen LogP contribution in [0.25, 0.3) is 0 Å². The molecule has 0 unspecified atom stereocenters. The zero-order valence-corrected chi connectivity index (χ0v) is 10.1. The van der Waals surface area contributed by atoms with Gasteiger partial charge in [-0.25, -0.2) is 0 Å². The molecule has 3 nitrogen and oxygen atoms in total. The monoisotopic (exact) mass is 255 g/mol. The molecule has 5 heteroatoms. The van der Waals surface area contributed by atoms with Gasteiger partial charge >= 0.3 is 0 Å². The molecule has 0 aromatic heterocycles. The number of hydrogen-bond donors (Lipinski definition) is 0. The number of carbonyl (C=O) groups is 2. The molecule has 0 spiro atoms. The molecule has 1 heterocycles. The number of rotatable bonds is 3. The minimum atomic E-state index is -0.0710. The number of carbonyl (C=O) groups excluding carboxylic acids is 2. The second-order valence-electron chi connectivity index (χ2n) is 3.47. The second kappa shape index (κ2) is 4.89. The number of halogens is 1. The second-order valence-corrected chi connectivity index (χ2v) is 4.95. The summed E-state index contributed by atoms with van der Waals surface area (Å²) in [5.41, 5.74) is 0.553. The van der Waals surface area contributed by atoms with Gasteiger partial charge in [-0.05, 0) is 12.1 Å². The zero-order valence-electron chi connectivity index (χ0n) is 8.48. The number of amides is 1. The minimum absolute atomic E-state index is 0.0182. The summed E-state index contributed by atoms with van der Waals surface area (Å²) >= 11 is 7.05. The fourth-order valence-corrected chi connectivity index (χ4v) is 2.51. The molecule has 1 amide bonds. The van der Waals surface area contributed by atoms with Crippen LogP contribution in [-0.2, 0) is 0 Å². The highest BCUT2D eigenvalue weighted by molar-refractivity contribution is 8.13. The Bertz CT molecular complexity index is 436. The first-order valence-corrected chi connectivity index (χ1v) is 6.23. The fraction of sp³-hybridized carbons (Fsp3) is 0.273. The molecular formula is C11H10ClNO2S. The maximum absolute atomic E-state index is 11.8. The Morgan fingerprint density at radius 3 is 2.94 bits per heavy atom. The van der Waals surface area contributed by atoms with Crippen molar-refractivity contribution in [2.24, 2.45) is 0 Å². The molecule has 1 aliphatic heterocycles. The standard InChI is InChI=1S/C11H10ClNO2S/c12-9-3-1-2-8(6-9)10(14)7-13-4-5-16-11(13)15/h1-3,6H,4-5,7H2. The van der Waals surface area contributed by atoms with E-state index in [1.165, 1.54) is 11.8 Å². The first-order chi connectivity index (χ1) is 7.66. The third-order valence-electron chi connectivity index (χ3n) is 2.33. The van der Waals surface area contributed by atoms with Gasteiger partial charge in [-0.1, -0.05) is 35.5 Å².